The molecule has 1 saturated heterocycles. The Kier molecular flexibility index (Phi) is 5.44. The molecule has 0 radical (unpaired) electrons. The van der Waals surface area contributed by atoms with Crippen LogP contribution in [0.25, 0.3) is 0 Å². The molecule has 0 atom stereocenters. The predicted octanol–water partition coefficient (Wildman–Crippen LogP) is 3.36. The van der Waals surface area contributed by atoms with Crippen LogP contribution in [0, 0.1) is 5.92 Å². The summed E-state index contributed by atoms with van der Waals surface area (Å²) < 4.78 is 0. The van der Waals surface area contributed by atoms with E-state index in [4.69, 9.17) is 0 Å². The van der Waals surface area contributed by atoms with Crippen molar-refractivity contribution in [2.75, 3.05) is 11.6 Å². The van der Waals surface area contributed by atoms with Crippen LogP contribution in [0.4, 0.5) is 16.2 Å². The van der Waals surface area contributed by atoms with Gasteiger partial charge >= 0.3 is 6.03 Å². The molecule has 4 amide bonds. The molecule has 2 N–H and O–H groups in total. The van der Waals surface area contributed by atoms with Gasteiger partial charge in [0.25, 0.3) is 11.8 Å². The van der Waals surface area contributed by atoms with E-state index in [0.717, 1.165) is 29.1 Å². The largest absolute Gasteiger partial charge is 0.325 e. The van der Waals surface area contributed by atoms with Crippen LogP contribution < -0.4 is 15.8 Å². The molecule has 2 aromatic rings. The van der Waals surface area contributed by atoms with Gasteiger partial charge in [0.1, 0.15) is 12.1 Å². The average molecular weight is 406 g/mol. The Balaban J connectivity index is 1.49. The van der Waals surface area contributed by atoms with Gasteiger partial charge in [-0.3, -0.25) is 24.9 Å². The molecular weight excluding hydrogens is 380 g/mol. The van der Waals surface area contributed by atoms with Gasteiger partial charge < -0.3 is 5.32 Å². The van der Waals surface area contributed by atoms with Gasteiger partial charge in [-0.2, -0.15) is 0 Å². The Morgan fingerprint density at radius 2 is 1.57 bits per heavy atom. The molecule has 1 spiro atoms. The molecular formula is C23H26N4O3. The van der Waals surface area contributed by atoms with Crippen LogP contribution in [-0.4, -0.2) is 34.8 Å². The topological polar surface area (TPSA) is 81.8 Å². The van der Waals surface area contributed by atoms with Gasteiger partial charge in [0.05, 0.1) is 11.4 Å². The van der Waals surface area contributed by atoms with Crippen molar-refractivity contribution < 1.29 is 14.4 Å². The fraction of sp³-hybridized carbons (Fsp3) is 0.348. The summed E-state index contributed by atoms with van der Waals surface area (Å²) in [5, 5.41) is 4.51. The minimum Gasteiger partial charge on any atom is -0.323 e. The van der Waals surface area contributed by atoms with Crippen molar-refractivity contribution in [2.45, 2.75) is 38.1 Å². The number of carbonyl (C=O) groups is 3. The molecule has 4 rings (SSSR count). The molecule has 0 aromatic heterocycles. The summed E-state index contributed by atoms with van der Waals surface area (Å²) in [5.41, 5.74) is 3.53. The Labute approximate surface area is 176 Å². The number of hydrogen-bond acceptors (Lipinski definition) is 4. The molecule has 7 nitrogen and oxygen atoms in total. The van der Waals surface area contributed by atoms with Crippen LogP contribution in [0.15, 0.2) is 60.7 Å². The Bertz CT molecular complexity index is 884. The van der Waals surface area contributed by atoms with Gasteiger partial charge in [-0.25, -0.2) is 4.79 Å². The van der Waals surface area contributed by atoms with E-state index in [-0.39, 0.29) is 12.5 Å². The molecule has 30 heavy (non-hydrogen) atoms. The summed E-state index contributed by atoms with van der Waals surface area (Å²) in [6, 6.07) is 18.3. The summed E-state index contributed by atoms with van der Waals surface area (Å²) in [7, 11) is 0. The van der Waals surface area contributed by atoms with Crippen molar-refractivity contribution in [3.63, 3.8) is 0 Å². The molecule has 156 valence electrons. The fourth-order valence-electron chi connectivity index (χ4n) is 4.15. The predicted molar refractivity (Wildman–Crippen MR) is 114 cm³/mol. The molecule has 1 aliphatic heterocycles. The van der Waals surface area contributed by atoms with E-state index in [2.05, 4.69) is 17.7 Å². The third-order valence-electron chi connectivity index (χ3n) is 5.94. The first-order valence-corrected chi connectivity index (χ1v) is 10.3. The highest BCUT2D eigenvalue weighted by Crippen LogP contribution is 2.36. The zero-order valence-corrected chi connectivity index (χ0v) is 17.0. The third-order valence-corrected chi connectivity index (χ3v) is 5.94. The number of carbonyl (C=O) groups excluding carboxylic acids is 3. The van der Waals surface area contributed by atoms with Crippen molar-refractivity contribution in [3.8, 4) is 0 Å². The summed E-state index contributed by atoms with van der Waals surface area (Å²) in [4.78, 5) is 39.4. The molecule has 1 saturated carbocycles. The van der Waals surface area contributed by atoms with Crippen molar-refractivity contribution in [2.24, 2.45) is 5.92 Å². The number of hydrogen-bond donors (Lipinski definition) is 2. The first-order chi connectivity index (χ1) is 14.5. The third kappa shape index (κ3) is 3.87. The van der Waals surface area contributed by atoms with Crippen LogP contribution >= 0.6 is 0 Å². The normalized spacial score (nSPS) is 23.4. The Hall–Kier alpha value is -3.35. The Morgan fingerprint density at radius 1 is 1.03 bits per heavy atom. The van der Waals surface area contributed by atoms with Crippen LogP contribution in [0.1, 0.15) is 32.6 Å². The molecule has 1 aliphatic carbocycles. The summed E-state index contributed by atoms with van der Waals surface area (Å²) in [6.45, 7) is 1.83. The first-order valence-electron chi connectivity index (χ1n) is 10.3. The van der Waals surface area contributed by atoms with E-state index < -0.39 is 17.5 Å². The number of para-hydroxylation sites is 2. The quantitative estimate of drug-likeness (QED) is 0.589. The van der Waals surface area contributed by atoms with E-state index in [9.17, 15) is 14.4 Å². The van der Waals surface area contributed by atoms with Gasteiger partial charge in [-0.1, -0.05) is 43.3 Å². The van der Waals surface area contributed by atoms with E-state index in [1.54, 1.807) is 5.01 Å². The maximum Gasteiger partial charge on any atom is 0.325 e. The second-order valence-electron chi connectivity index (χ2n) is 8.13. The number of hydrazine groups is 1. The van der Waals surface area contributed by atoms with Crippen molar-refractivity contribution in [3.05, 3.63) is 60.7 Å². The van der Waals surface area contributed by atoms with Crippen LogP contribution in [0.2, 0.25) is 0 Å². The van der Waals surface area contributed by atoms with Gasteiger partial charge in [-0.05, 0) is 55.9 Å². The molecule has 2 fully saturated rings. The monoisotopic (exact) mass is 406 g/mol. The minimum absolute atomic E-state index is 0.291. The SMILES string of the molecule is CC1CCC2(CC1)NC(=O)N(CC(=O)NN(c1ccccc1)c1ccccc1)C2=O. The molecule has 1 heterocycles. The number of nitrogens with one attached hydrogen (secondary N) is 2. The lowest BCUT2D eigenvalue weighted by molar-refractivity contribution is -0.136. The zero-order valence-electron chi connectivity index (χ0n) is 17.0. The molecule has 7 heteroatoms. The van der Waals surface area contributed by atoms with E-state index in [1.165, 1.54) is 0 Å². The van der Waals surface area contributed by atoms with Gasteiger partial charge in [0.15, 0.2) is 0 Å². The lowest BCUT2D eigenvalue weighted by Crippen LogP contribution is -2.50. The lowest BCUT2D eigenvalue weighted by Gasteiger charge is -2.33. The zero-order chi connectivity index (χ0) is 21.1. The van der Waals surface area contributed by atoms with Crippen LogP contribution in [0.3, 0.4) is 0 Å². The number of nitrogens with zero attached hydrogens (tertiary/aromatic N) is 2. The average Bonchev–Trinajstić information content (AvgIpc) is 2.99. The highest BCUT2D eigenvalue weighted by atomic mass is 16.2. The standard InChI is InChI=1S/C23H26N4O3/c1-17-12-14-23(15-13-17)21(29)26(22(30)24-23)16-20(28)25-27(18-8-4-2-5-9-18)19-10-6-3-7-11-19/h2-11,17H,12-16H2,1H3,(H,24,30)(H,25,28). The number of benzene rings is 2. The smallest absolute Gasteiger partial charge is 0.323 e. The lowest BCUT2D eigenvalue weighted by atomic mass is 9.77. The maximum atomic E-state index is 13.0. The fourth-order valence-corrected chi connectivity index (χ4v) is 4.15. The number of imide groups is 1. The molecule has 2 aliphatic rings. The van der Waals surface area contributed by atoms with Crippen molar-refractivity contribution in [1.29, 1.82) is 0 Å². The second-order valence-corrected chi connectivity index (χ2v) is 8.13. The number of rotatable bonds is 5. The van der Waals surface area contributed by atoms with Crippen molar-refractivity contribution in [1.82, 2.24) is 15.6 Å². The maximum absolute atomic E-state index is 13.0. The second kappa shape index (κ2) is 8.18. The number of anilines is 2. The summed E-state index contributed by atoms with van der Waals surface area (Å²) >= 11 is 0. The summed E-state index contributed by atoms with van der Waals surface area (Å²) in [6.07, 6.45) is 3.03. The molecule has 0 unspecified atom stereocenters. The van der Waals surface area contributed by atoms with E-state index >= 15 is 0 Å². The molecule has 0 bridgehead atoms. The highest BCUT2D eigenvalue weighted by molar-refractivity contribution is 6.09. The Morgan fingerprint density at radius 3 is 2.10 bits per heavy atom. The van der Waals surface area contributed by atoms with Gasteiger partial charge in [-0.15, -0.1) is 0 Å². The summed E-state index contributed by atoms with van der Waals surface area (Å²) in [5.74, 6) is -0.184. The van der Waals surface area contributed by atoms with Crippen LogP contribution in [0.5, 0.6) is 0 Å². The van der Waals surface area contributed by atoms with Gasteiger partial charge in [0, 0.05) is 0 Å². The number of amides is 4. The highest BCUT2D eigenvalue weighted by Gasteiger charge is 2.52. The van der Waals surface area contributed by atoms with E-state index in [0.29, 0.717) is 18.8 Å². The van der Waals surface area contributed by atoms with E-state index in [1.807, 2.05) is 60.7 Å². The molecule has 2 aromatic carbocycles. The first kappa shape index (κ1) is 19.9. The minimum atomic E-state index is -0.845. The number of urea groups is 1. The van der Waals surface area contributed by atoms with Crippen LogP contribution in [-0.2, 0) is 9.59 Å². The van der Waals surface area contributed by atoms with Crippen molar-refractivity contribution >= 4 is 29.2 Å². The van der Waals surface area contributed by atoms with Gasteiger partial charge in [0.2, 0.25) is 0 Å².